The SMILES string of the molecule is CCNC(=O)CNC(=O)[C@@H]1CCC[C@@H]1C(=O)O. The number of carboxylic acids is 1. The van der Waals surface area contributed by atoms with Crippen LogP contribution in [0.4, 0.5) is 0 Å². The Kier molecular flexibility index (Phi) is 4.93. The lowest BCUT2D eigenvalue weighted by Gasteiger charge is -2.15. The average Bonchev–Trinajstić information content (AvgIpc) is 2.75. The predicted molar refractivity (Wildman–Crippen MR) is 60.2 cm³/mol. The summed E-state index contributed by atoms with van der Waals surface area (Å²) in [6, 6.07) is 0. The summed E-state index contributed by atoms with van der Waals surface area (Å²) in [4.78, 5) is 33.7. The van der Waals surface area contributed by atoms with E-state index in [4.69, 9.17) is 5.11 Å². The minimum Gasteiger partial charge on any atom is -0.481 e. The fourth-order valence-corrected chi connectivity index (χ4v) is 2.13. The molecule has 3 N–H and O–H groups in total. The molecule has 0 aromatic rings. The number of carbonyl (C=O) groups is 3. The molecule has 17 heavy (non-hydrogen) atoms. The van der Waals surface area contributed by atoms with Crippen molar-refractivity contribution in [2.45, 2.75) is 26.2 Å². The van der Waals surface area contributed by atoms with Gasteiger partial charge in [0.15, 0.2) is 0 Å². The van der Waals surface area contributed by atoms with Gasteiger partial charge in [0.05, 0.1) is 18.4 Å². The lowest BCUT2D eigenvalue weighted by Crippen LogP contribution is -2.41. The molecule has 1 saturated carbocycles. The molecule has 0 unspecified atom stereocenters. The molecule has 0 aromatic carbocycles. The van der Waals surface area contributed by atoms with Crippen LogP contribution in [-0.4, -0.2) is 36.0 Å². The topological polar surface area (TPSA) is 95.5 Å². The highest BCUT2D eigenvalue weighted by Gasteiger charge is 2.37. The van der Waals surface area contributed by atoms with Crippen LogP contribution in [0, 0.1) is 11.8 Å². The molecule has 0 bridgehead atoms. The quantitative estimate of drug-likeness (QED) is 0.619. The molecular weight excluding hydrogens is 224 g/mol. The van der Waals surface area contributed by atoms with E-state index in [1.807, 2.05) is 0 Å². The molecule has 1 fully saturated rings. The second-order valence-corrected chi connectivity index (χ2v) is 4.15. The maximum Gasteiger partial charge on any atom is 0.307 e. The number of carbonyl (C=O) groups excluding carboxylic acids is 2. The summed E-state index contributed by atoms with van der Waals surface area (Å²) >= 11 is 0. The van der Waals surface area contributed by atoms with Crippen molar-refractivity contribution in [2.24, 2.45) is 11.8 Å². The maximum atomic E-state index is 11.7. The molecule has 0 spiro atoms. The van der Waals surface area contributed by atoms with Crippen LogP contribution in [0.15, 0.2) is 0 Å². The van der Waals surface area contributed by atoms with Crippen molar-refractivity contribution >= 4 is 17.8 Å². The molecule has 6 heteroatoms. The first-order chi connectivity index (χ1) is 8.06. The van der Waals surface area contributed by atoms with Gasteiger partial charge >= 0.3 is 5.97 Å². The van der Waals surface area contributed by atoms with Crippen molar-refractivity contribution in [3.63, 3.8) is 0 Å². The van der Waals surface area contributed by atoms with E-state index < -0.39 is 17.8 Å². The minimum absolute atomic E-state index is 0.0878. The third-order valence-corrected chi connectivity index (χ3v) is 2.97. The van der Waals surface area contributed by atoms with Crippen LogP contribution >= 0.6 is 0 Å². The second-order valence-electron chi connectivity index (χ2n) is 4.15. The van der Waals surface area contributed by atoms with Gasteiger partial charge in [-0.2, -0.15) is 0 Å². The van der Waals surface area contributed by atoms with Gasteiger partial charge in [-0.05, 0) is 19.8 Å². The fraction of sp³-hybridized carbons (Fsp3) is 0.727. The van der Waals surface area contributed by atoms with E-state index in [0.29, 0.717) is 19.4 Å². The third kappa shape index (κ3) is 3.72. The number of nitrogens with one attached hydrogen (secondary N) is 2. The zero-order valence-electron chi connectivity index (χ0n) is 9.86. The van der Waals surface area contributed by atoms with Crippen LogP contribution in [0.25, 0.3) is 0 Å². The van der Waals surface area contributed by atoms with E-state index in [1.54, 1.807) is 6.92 Å². The van der Waals surface area contributed by atoms with Crippen LogP contribution in [0.2, 0.25) is 0 Å². The Morgan fingerprint density at radius 3 is 2.41 bits per heavy atom. The number of likely N-dealkylation sites (N-methyl/N-ethyl adjacent to an activating group) is 1. The van der Waals surface area contributed by atoms with Gasteiger partial charge in [0.2, 0.25) is 11.8 Å². The Hall–Kier alpha value is -1.59. The Balaban J connectivity index is 2.42. The zero-order valence-corrected chi connectivity index (χ0v) is 9.86. The molecule has 0 saturated heterocycles. The number of rotatable bonds is 5. The van der Waals surface area contributed by atoms with Crippen molar-refractivity contribution in [2.75, 3.05) is 13.1 Å². The monoisotopic (exact) mass is 242 g/mol. The van der Waals surface area contributed by atoms with E-state index >= 15 is 0 Å². The highest BCUT2D eigenvalue weighted by Crippen LogP contribution is 2.31. The van der Waals surface area contributed by atoms with E-state index in [9.17, 15) is 14.4 Å². The molecule has 2 amide bonds. The molecule has 0 heterocycles. The summed E-state index contributed by atoms with van der Waals surface area (Å²) in [5.74, 6) is -2.63. The van der Waals surface area contributed by atoms with Gasteiger partial charge in [-0.1, -0.05) is 6.42 Å². The van der Waals surface area contributed by atoms with Crippen LogP contribution in [-0.2, 0) is 14.4 Å². The molecule has 6 nitrogen and oxygen atoms in total. The molecule has 0 radical (unpaired) electrons. The highest BCUT2D eigenvalue weighted by molar-refractivity contribution is 5.88. The smallest absolute Gasteiger partial charge is 0.307 e. The van der Waals surface area contributed by atoms with Gasteiger partial charge in [0, 0.05) is 6.54 Å². The largest absolute Gasteiger partial charge is 0.481 e. The van der Waals surface area contributed by atoms with E-state index in [0.717, 1.165) is 6.42 Å². The number of amides is 2. The summed E-state index contributed by atoms with van der Waals surface area (Å²) in [6.45, 7) is 2.21. The molecule has 1 aliphatic carbocycles. The summed E-state index contributed by atoms with van der Waals surface area (Å²) in [5, 5.41) is 14.0. The number of carboxylic acid groups (broad SMARTS) is 1. The summed E-state index contributed by atoms with van der Waals surface area (Å²) < 4.78 is 0. The first-order valence-corrected chi connectivity index (χ1v) is 5.83. The van der Waals surface area contributed by atoms with Crippen LogP contribution in [0.1, 0.15) is 26.2 Å². The fourth-order valence-electron chi connectivity index (χ4n) is 2.13. The standard InChI is InChI=1S/C11H18N2O4/c1-2-12-9(14)6-13-10(15)7-4-3-5-8(7)11(16)17/h7-8H,2-6H2,1H3,(H,12,14)(H,13,15)(H,16,17)/t7-,8+/m1/s1. The van der Waals surface area contributed by atoms with Gasteiger partial charge in [0.1, 0.15) is 0 Å². The predicted octanol–water partition coefficient (Wildman–Crippen LogP) is -0.260. The number of aliphatic carboxylic acids is 1. The molecule has 1 rings (SSSR count). The van der Waals surface area contributed by atoms with E-state index in [-0.39, 0.29) is 18.4 Å². The van der Waals surface area contributed by atoms with Crippen LogP contribution in [0.5, 0.6) is 0 Å². The lowest BCUT2D eigenvalue weighted by atomic mass is 9.95. The number of hydrogen-bond acceptors (Lipinski definition) is 3. The first kappa shape index (κ1) is 13.5. The van der Waals surface area contributed by atoms with Crippen molar-refractivity contribution in [3.05, 3.63) is 0 Å². The lowest BCUT2D eigenvalue weighted by molar-refractivity contribution is -0.146. The van der Waals surface area contributed by atoms with Gasteiger partial charge in [-0.25, -0.2) is 0 Å². The maximum absolute atomic E-state index is 11.7. The van der Waals surface area contributed by atoms with Crippen LogP contribution in [0.3, 0.4) is 0 Å². The summed E-state index contributed by atoms with van der Waals surface area (Å²) in [5.41, 5.74) is 0. The minimum atomic E-state index is -0.930. The Labute approximate surface area is 99.8 Å². The first-order valence-electron chi connectivity index (χ1n) is 5.83. The Bertz CT molecular complexity index is 317. The van der Waals surface area contributed by atoms with E-state index in [1.165, 1.54) is 0 Å². The molecule has 2 atom stereocenters. The number of hydrogen-bond donors (Lipinski definition) is 3. The summed E-state index contributed by atoms with van der Waals surface area (Å²) in [6.07, 6.45) is 1.86. The molecule has 96 valence electrons. The van der Waals surface area contributed by atoms with Crippen molar-refractivity contribution in [1.82, 2.24) is 10.6 Å². The normalized spacial score (nSPS) is 23.1. The molecule has 0 aliphatic heterocycles. The molecule has 1 aliphatic rings. The van der Waals surface area contributed by atoms with E-state index in [2.05, 4.69) is 10.6 Å². The second kappa shape index (κ2) is 6.22. The van der Waals surface area contributed by atoms with Crippen molar-refractivity contribution in [3.8, 4) is 0 Å². The van der Waals surface area contributed by atoms with Gasteiger partial charge in [0.25, 0.3) is 0 Å². The summed E-state index contributed by atoms with van der Waals surface area (Å²) in [7, 11) is 0. The molecule has 0 aromatic heterocycles. The van der Waals surface area contributed by atoms with Gasteiger partial charge < -0.3 is 15.7 Å². The molecular formula is C11H18N2O4. The van der Waals surface area contributed by atoms with Gasteiger partial charge in [-0.15, -0.1) is 0 Å². The zero-order chi connectivity index (χ0) is 12.8. The Morgan fingerprint density at radius 1 is 1.18 bits per heavy atom. The van der Waals surface area contributed by atoms with Gasteiger partial charge in [-0.3, -0.25) is 14.4 Å². The average molecular weight is 242 g/mol. The highest BCUT2D eigenvalue weighted by atomic mass is 16.4. The Morgan fingerprint density at radius 2 is 1.82 bits per heavy atom. The van der Waals surface area contributed by atoms with Crippen LogP contribution < -0.4 is 10.6 Å². The van der Waals surface area contributed by atoms with Crippen molar-refractivity contribution in [1.29, 1.82) is 0 Å². The van der Waals surface area contributed by atoms with Crippen molar-refractivity contribution < 1.29 is 19.5 Å². The third-order valence-electron chi connectivity index (χ3n) is 2.97.